The summed E-state index contributed by atoms with van der Waals surface area (Å²) in [4.78, 5) is 25.0. The highest BCUT2D eigenvalue weighted by molar-refractivity contribution is 7.89. The van der Waals surface area contributed by atoms with E-state index < -0.39 is 10.0 Å². The number of hydrogen-bond donors (Lipinski definition) is 2. The highest BCUT2D eigenvalue weighted by Crippen LogP contribution is 2.23. The standard InChI is InChI=1S/C25H21N3O4S/c26-33(31,32)21-13-11-20(12-14-21)27-25(30)17-28-16-19(22-8-4-5-9-23(22)28)10-15-24(29)18-6-2-1-3-7-18/h1-16H,17H2,(H,27,30)(H2,26,31,32)/b15-10+. The normalized spacial score (nSPS) is 11.7. The molecule has 1 amide bonds. The smallest absolute Gasteiger partial charge is 0.244 e. The minimum absolute atomic E-state index is 0.0293. The highest BCUT2D eigenvalue weighted by atomic mass is 32.2. The molecule has 4 aromatic rings. The van der Waals surface area contributed by atoms with Gasteiger partial charge in [-0.2, -0.15) is 0 Å². The molecule has 0 spiro atoms. The Morgan fingerprint density at radius 2 is 1.58 bits per heavy atom. The van der Waals surface area contributed by atoms with Gasteiger partial charge in [0, 0.05) is 33.9 Å². The maximum Gasteiger partial charge on any atom is 0.244 e. The first-order chi connectivity index (χ1) is 15.8. The summed E-state index contributed by atoms with van der Waals surface area (Å²) in [5.74, 6) is -0.386. The molecule has 0 bridgehead atoms. The molecule has 1 aromatic heterocycles. The van der Waals surface area contributed by atoms with Crippen LogP contribution in [0.5, 0.6) is 0 Å². The van der Waals surface area contributed by atoms with Crippen molar-refractivity contribution in [3.8, 4) is 0 Å². The molecule has 33 heavy (non-hydrogen) atoms. The number of ketones is 1. The van der Waals surface area contributed by atoms with E-state index in [1.54, 1.807) is 22.8 Å². The summed E-state index contributed by atoms with van der Waals surface area (Å²) in [6.45, 7) is 0.0396. The Morgan fingerprint density at radius 3 is 2.27 bits per heavy atom. The molecule has 8 heteroatoms. The third kappa shape index (κ3) is 5.25. The molecule has 0 aliphatic carbocycles. The fourth-order valence-electron chi connectivity index (χ4n) is 3.49. The van der Waals surface area contributed by atoms with Crippen LogP contribution in [-0.4, -0.2) is 24.7 Å². The molecule has 7 nitrogen and oxygen atoms in total. The second-order valence-corrected chi connectivity index (χ2v) is 8.97. The van der Waals surface area contributed by atoms with Crippen LogP contribution in [0.1, 0.15) is 15.9 Å². The second kappa shape index (κ2) is 9.23. The molecule has 0 radical (unpaired) electrons. The third-order valence-electron chi connectivity index (χ3n) is 5.07. The number of nitrogens with zero attached hydrogens (tertiary/aromatic N) is 1. The van der Waals surface area contributed by atoms with E-state index in [2.05, 4.69) is 5.32 Å². The van der Waals surface area contributed by atoms with Gasteiger partial charge in [0.2, 0.25) is 15.9 Å². The molecule has 4 rings (SSSR count). The van der Waals surface area contributed by atoms with E-state index in [-0.39, 0.29) is 23.1 Å². The van der Waals surface area contributed by atoms with Crippen molar-refractivity contribution >= 4 is 44.4 Å². The fraction of sp³-hybridized carbons (Fsp3) is 0.0400. The molecule has 0 saturated heterocycles. The minimum atomic E-state index is -3.79. The van der Waals surface area contributed by atoms with E-state index in [1.165, 1.54) is 30.3 Å². The van der Waals surface area contributed by atoms with Crippen molar-refractivity contribution in [1.82, 2.24) is 4.57 Å². The van der Waals surface area contributed by atoms with Crippen molar-refractivity contribution in [3.63, 3.8) is 0 Å². The summed E-state index contributed by atoms with van der Waals surface area (Å²) in [5.41, 5.74) is 2.73. The number of fused-ring (bicyclic) bond motifs is 1. The van der Waals surface area contributed by atoms with E-state index in [0.29, 0.717) is 11.3 Å². The Labute approximate surface area is 191 Å². The van der Waals surface area contributed by atoms with Crippen LogP contribution in [0, 0.1) is 0 Å². The van der Waals surface area contributed by atoms with Gasteiger partial charge in [0.15, 0.2) is 5.78 Å². The van der Waals surface area contributed by atoms with Crippen molar-refractivity contribution in [3.05, 3.63) is 102 Å². The predicted octanol–water partition coefficient (Wildman–Crippen LogP) is 3.82. The Bertz CT molecular complexity index is 1450. The number of carbonyl (C=O) groups is 2. The van der Waals surface area contributed by atoms with E-state index in [9.17, 15) is 18.0 Å². The minimum Gasteiger partial charge on any atom is -0.337 e. The Balaban J connectivity index is 1.53. The maximum atomic E-state index is 12.6. The molecule has 166 valence electrons. The van der Waals surface area contributed by atoms with Crippen LogP contribution in [0.2, 0.25) is 0 Å². The van der Waals surface area contributed by atoms with E-state index in [1.807, 2.05) is 48.7 Å². The molecule has 0 aliphatic rings. The van der Waals surface area contributed by atoms with Crippen LogP contribution in [0.3, 0.4) is 0 Å². The SMILES string of the molecule is NS(=O)(=O)c1ccc(NC(=O)Cn2cc(/C=C/C(=O)c3ccccc3)c3ccccc32)cc1. The zero-order chi connectivity index (χ0) is 23.4. The molecule has 0 aliphatic heterocycles. The van der Waals surface area contributed by atoms with Gasteiger partial charge in [-0.3, -0.25) is 9.59 Å². The first kappa shape index (κ1) is 22.2. The lowest BCUT2D eigenvalue weighted by molar-refractivity contribution is -0.116. The van der Waals surface area contributed by atoms with Gasteiger partial charge in [0.1, 0.15) is 6.54 Å². The Kier molecular flexibility index (Phi) is 6.21. The second-order valence-electron chi connectivity index (χ2n) is 7.41. The van der Waals surface area contributed by atoms with Crippen LogP contribution < -0.4 is 10.5 Å². The van der Waals surface area contributed by atoms with Gasteiger partial charge >= 0.3 is 0 Å². The lowest BCUT2D eigenvalue weighted by atomic mass is 10.1. The Morgan fingerprint density at radius 1 is 0.909 bits per heavy atom. The molecule has 1 heterocycles. The van der Waals surface area contributed by atoms with Gasteiger partial charge in [-0.25, -0.2) is 13.6 Å². The fourth-order valence-corrected chi connectivity index (χ4v) is 4.00. The average molecular weight is 460 g/mol. The number of nitrogens with two attached hydrogens (primary N) is 1. The highest BCUT2D eigenvalue weighted by Gasteiger charge is 2.12. The van der Waals surface area contributed by atoms with E-state index in [0.717, 1.165) is 16.5 Å². The molecule has 0 saturated carbocycles. The number of primary sulfonamides is 1. The first-order valence-corrected chi connectivity index (χ1v) is 11.6. The van der Waals surface area contributed by atoms with Crippen molar-refractivity contribution in [2.75, 3.05) is 5.32 Å². The lowest BCUT2D eigenvalue weighted by Gasteiger charge is -2.08. The lowest BCUT2D eigenvalue weighted by Crippen LogP contribution is -2.18. The van der Waals surface area contributed by atoms with Crippen molar-refractivity contribution < 1.29 is 18.0 Å². The molecule has 3 aromatic carbocycles. The van der Waals surface area contributed by atoms with Crippen molar-refractivity contribution in [1.29, 1.82) is 0 Å². The average Bonchev–Trinajstić information content (AvgIpc) is 3.15. The van der Waals surface area contributed by atoms with E-state index >= 15 is 0 Å². The quantitative estimate of drug-likeness (QED) is 0.323. The zero-order valence-electron chi connectivity index (χ0n) is 17.5. The molecule has 0 unspecified atom stereocenters. The number of nitrogens with one attached hydrogen (secondary N) is 1. The summed E-state index contributed by atoms with van der Waals surface area (Å²) in [5, 5.41) is 8.76. The van der Waals surface area contributed by atoms with E-state index in [4.69, 9.17) is 5.14 Å². The number of rotatable bonds is 7. The monoisotopic (exact) mass is 459 g/mol. The largest absolute Gasteiger partial charge is 0.337 e. The van der Waals surface area contributed by atoms with Crippen LogP contribution in [0.25, 0.3) is 17.0 Å². The van der Waals surface area contributed by atoms with Gasteiger partial charge in [0.25, 0.3) is 0 Å². The number of para-hydroxylation sites is 1. The topological polar surface area (TPSA) is 111 Å². The third-order valence-corrected chi connectivity index (χ3v) is 6.00. The van der Waals surface area contributed by atoms with Gasteiger partial charge in [-0.05, 0) is 42.5 Å². The van der Waals surface area contributed by atoms with Gasteiger partial charge in [-0.1, -0.05) is 48.5 Å². The van der Waals surface area contributed by atoms with Gasteiger partial charge < -0.3 is 9.88 Å². The summed E-state index contributed by atoms with van der Waals surface area (Å²) < 4.78 is 24.5. The number of allylic oxidation sites excluding steroid dienone is 1. The van der Waals surface area contributed by atoms with Crippen molar-refractivity contribution in [2.45, 2.75) is 11.4 Å². The molecular weight excluding hydrogens is 438 g/mol. The van der Waals surface area contributed by atoms with Crippen molar-refractivity contribution in [2.24, 2.45) is 5.14 Å². The number of benzene rings is 3. The van der Waals surface area contributed by atoms with Gasteiger partial charge in [-0.15, -0.1) is 0 Å². The maximum absolute atomic E-state index is 12.6. The number of sulfonamides is 1. The van der Waals surface area contributed by atoms with Crippen LogP contribution in [0.15, 0.2) is 96.0 Å². The molecular formula is C25H21N3O4S. The number of amides is 1. The van der Waals surface area contributed by atoms with Crippen LogP contribution >= 0.6 is 0 Å². The number of hydrogen-bond acceptors (Lipinski definition) is 4. The summed E-state index contributed by atoms with van der Waals surface area (Å²) in [6, 6.07) is 22.2. The first-order valence-electron chi connectivity index (χ1n) is 10.1. The number of anilines is 1. The summed E-state index contributed by atoms with van der Waals surface area (Å²) in [6.07, 6.45) is 5.09. The predicted molar refractivity (Wildman–Crippen MR) is 128 cm³/mol. The zero-order valence-corrected chi connectivity index (χ0v) is 18.3. The van der Waals surface area contributed by atoms with Crippen LogP contribution in [0.4, 0.5) is 5.69 Å². The van der Waals surface area contributed by atoms with Gasteiger partial charge in [0.05, 0.1) is 4.90 Å². The Hall–Kier alpha value is -4.01. The molecule has 0 atom stereocenters. The molecule has 3 N–H and O–H groups in total. The summed E-state index contributed by atoms with van der Waals surface area (Å²) in [7, 11) is -3.79. The van der Waals surface area contributed by atoms with Crippen LogP contribution in [-0.2, 0) is 21.4 Å². The molecule has 0 fully saturated rings. The number of carbonyl (C=O) groups excluding carboxylic acids is 2. The summed E-state index contributed by atoms with van der Waals surface area (Å²) >= 11 is 0. The number of aromatic nitrogens is 1.